The van der Waals surface area contributed by atoms with Crippen LogP contribution in [-0.4, -0.2) is 19.8 Å². The Morgan fingerprint density at radius 3 is 2.94 bits per heavy atom. The molecule has 0 spiro atoms. The molecule has 0 amide bonds. The summed E-state index contributed by atoms with van der Waals surface area (Å²) >= 11 is 3.36. The third kappa shape index (κ3) is 5.04. The molecule has 0 radical (unpaired) electrons. The first-order chi connectivity index (χ1) is 8.75. The molecule has 1 aliphatic carbocycles. The normalized spacial score (nSPS) is 15.0. The molecule has 100 valence electrons. The molecule has 4 heteroatoms. The second-order valence-corrected chi connectivity index (χ2v) is 5.64. The van der Waals surface area contributed by atoms with Gasteiger partial charge in [0.05, 0.1) is 0 Å². The number of hydrogen-bond acceptors (Lipinski definition) is 2. The molecule has 18 heavy (non-hydrogen) atoms. The first kappa shape index (κ1) is 14.0. The minimum Gasteiger partial charge on any atom is -0.381 e. The van der Waals surface area contributed by atoms with Crippen LogP contribution in [-0.2, 0) is 11.3 Å². The van der Waals surface area contributed by atoms with Gasteiger partial charge in [-0.1, -0.05) is 22.0 Å². The Bertz CT molecular complexity index is 382. The zero-order valence-corrected chi connectivity index (χ0v) is 12.0. The summed E-state index contributed by atoms with van der Waals surface area (Å²) in [4.78, 5) is 0. The zero-order valence-electron chi connectivity index (χ0n) is 10.4. The molecule has 1 saturated carbocycles. The molecule has 1 N–H and O–H groups in total. The van der Waals surface area contributed by atoms with Crippen molar-refractivity contribution in [3.8, 4) is 0 Å². The number of ether oxygens (including phenoxy) is 1. The van der Waals surface area contributed by atoms with Crippen molar-refractivity contribution in [3.05, 3.63) is 34.1 Å². The summed E-state index contributed by atoms with van der Waals surface area (Å²) < 4.78 is 19.2. The number of hydrogen-bond donors (Lipinski definition) is 1. The van der Waals surface area contributed by atoms with E-state index < -0.39 is 0 Å². The van der Waals surface area contributed by atoms with Gasteiger partial charge >= 0.3 is 0 Å². The standard InChI is InChI=1S/C14H19BrFNO/c15-14-8-13(16)5-4-12(14)9-17-6-1-7-18-10-11-2-3-11/h4-5,8,11,17H,1-3,6-7,9-10H2. The minimum atomic E-state index is -0.209. The number of nitrogens with one attached hydrogen (secondary N) is 1. The molecule has 2 rings (SSSR count). The van der Waals surface area contributed by atoms with E-state index in [0.717, 1.165) is 48.7 Å². The Kier molecular flexibility index (Phi) is 5.60. The van der Waals surface area contributed by atoms with Crippen LogP contribution in [0.25, 0.3) is 0 Å². The van der Waals surface area contributed by atoms with Gasteiger partial charge in [0, 0.05) is 24.2 Å². The lowest BCUT2D eigenvalue weighted by molar-refractivity contribution is 0.122. The van der Waals surface area contributed by atoms with Crippen LogP contribution in [0.2, 0.25) is 0 Å². The van der Waals surface area contributed by atoms with E-state index in [-0.39, 0.29) is 5.82 Å². The lowest BCUT2D eigenvalue weighted by atomic mass is 10.2. The highest BCUT2D eigenvalue weighted by atomic mass is 79.9. The highest BCUT2D eigenvalue weighted by Crippen LogP contribution is 2.28. The van der Waals surface area contributed by atoms with E-state index in [1.165, 1.54) is 25.0 Å². The van der Waals surface area contributed by atoms with Gasteiger partial charge in [0.1, 0.15) is 5.82 Å². The van der Waals surface area contributed by atoms with Crippen molar-refractivity contribution in [1.82, 2.24) is 5.32 Å². The lowest BCUT2D eigenvalue weighted by Crippen LogP contribution is -2.17. The minimum absolute atomic E-state index is 0.209. The fraction of sp³-hybridized carbons (Fsp3) is 0.571. The van der Waals surface area contributed by atoms with Gasteiger partial charge in [-0.2, -0.15) is 0 Å². The van der Waals surface area contributed by atoms with Gasteiger partial charge in [0.15, 0.2) is 0 Å². The Hall–Kier alpha value is -0.450. The molecule has 2 nitrogen and oxygen atoms in total. The fourth-order valence-corrected chi connectivity index (χ4v) is 2.21. The monoisotopic (exact) mass is 315 g/mol. The van der Waals surface area contributed by atoms with Crippen molar-refractivity contribution < 1.29 is 9.13 Å². The third-order valence-electron chi connectivity index (χ3n) is 3.02. The van der Waals surface area contributed by atoms with Crippen LogP contribution in [0.5, 0.6) is 0 Å². The Labute approximate surface area is 116 Å². The van der Waals surface area contributed by atoms with E-state index in [4.69, 9.17) is 4.74 Å². The number of halogens is 2. The van der Waals surface area contributed by atoms with Gasteiger partial charge in [0.25, 0.3) is 0 Å². The van der Waals surface area contributed by atoms with E-state index >= 15 is 0 Å². The van der Waals surface area contributed by atoms with E-state index in [9.17, 15) is 4.39 Å². The van der Waals surface area contributed by atoms with Gasteiger partial charge < -0.3 is 10.1 Å². The van der Waals surface area contributed by atoms with E-state index in [2.05, 4.69) is 21.2 Å². The Balaban J connectivity index is 1.53. The van der Waals surface area contributed by atoms with Crippen LogP contribution < -0.4 is 5.32 Å². The van der Waals surface area contributed by atoms with Gasteiger partial charge in [0.2, 0.25) is 0 Å². The summed E-state index contributed by atoms with van der Waals surface area (Å²) in [6.45, 7) is 3.44. The summed E-state index contributed by atoms with van der Waals surface area (Å²) in [5.41, 5.74) is 1.08. The maximum Gasteiger partial charge on any atom is 0.124 e. The second-order valence-electron chi connectivity index (χ2n) is 4.78. The predicted molar refractivity (Wildman–Crippen MR) is 74.0 cm³/mol. The number of rotatable bonds is 8. The van der Waals surface area contributed by atoms with Crippen molar-refractivity contribution in [2.24, 2.45) is 5.92 Å². The first-order valence-electron chi connectivity index (χ1n) is 6.48. The van der Waals surface area contributed by atoms with Crippen LogP contribution in [0.1, 0.15) is 24.8 Å². The van der Waals surface area contributed by atoms with Gasteiger partial charge in [-0.3, -0.25) is 0 Å². The highest BCUT2D eigenvalue weighted by molar-refractivity contribution is 9.10. The molecule has 0 atom stereocenters. The maximum atomic E-state index is 12.9. The van der Waals surface area contributed by atoms with E-state index in [1.807, 2.05) is 0 Å². The molecule has 1 aliphatic rings. The fourth-order valence-electron chi connectivity index (χ4n) is 1.72. The highest BCUT2D eigenvalue weighted by Gasteiger charge is 2.20. The molecular formula is C14H19BrFNO. The summed E-state index contributed by atoms with van der Waals surface area (Å²) in [7, 11) is 0. The lowest BCUT2D eigenvalue weighted by Gasteiger charge is -2.07. The molecule has 1 aromatic carbocycles. The quantitative estimate of drug-likeness (QED) is 0.741. The van der Waals surface area contributed by atoms with Crippen molar-refractivity contribution >= 4 is 15.9 Å². The van der Waals surface area contributed by atoms with Crippen LogP contribution >= 0.6 is 15.9 Å². The molecule has 1 fully saturated rings. The molecule has 0 heterocycles. The van der Waals surface area contributed by atoms with Crippen molar-refractivity contribution in [3.63, 3.8) is 0 Å². The van der Waals surface area contributed by atoms with Crippen LogP contribution in [0.15, 0.2) is 22.7 Å². The van der Waals surface area contributed by atoms with Crippen LogP contribution in [0, 0.1) is 11.7 Å². The average molecular weight is 316 g/mol. The molecule has 1 aromatic rings. The van der Waals surface area contributed by atoms with Crippen molar-refractivity contribution in [2.75, 3.05) is 19.8 Å². The average Bonchev–Trinajstić information content (AvgIpc) is 3.14. The second kappa shape index (κ2) is 7.22. The summed E-state index contributed by atoms with van der Waals surface area (Å²) in [5.74, 6) is 0.632. The molecule has 0 saturated heterocycles. The first-order valence-corrected chi connectivity index (χ1v) is 7.27. The largest absolute Gasteiger partial charge is 0.381 e. The van der Waals surface area contributed by atoms with E-state index in [1.54, 1.807) is 6.07 Å². The maximum absolute atomic E-state index is 12.9. The molecule has 0 aromatic heterocycles. The summed E-state index contributed by atoms with van der Waals surface area (Å²) in [6, 6.07) is 4.78. The topological polar surface area (TPSA) is 21.3 Å². The molecule has 0 bridgehead atoms. The zero-order chi connectivity index (χ0) is 12.8. The molecule has 0 unspecified atom stereocenters. The van der Waals surface area contributed by atoms with Crippen LogP contribution in [0.3, 0.4) is 0 Å². The van der Waals surface area contributed by atoms with Gasteiger partial charge in [-0.15, -0.1) is 0 Å². The van der Waals surface area contributed by atoms with Gasteiger partial charge in [-0.25, -0.2) is 4.39 Å². The Morgan fingerprint density at radius 2 is 2.22 bits per heavy atom. The van der Waals surface area contributed by atoms with Crippen LogP contribution in [0.4, 0.5) is 4.39 Å². The predicted octanol–water partition coefficient (Wildman–Crippen LogP) is 3.49. The third-order valence-corrected chi connectivity index (χ3v) is 3.76. The van der Waals surface area contributed by atoms with Crippen molar-refractivity contribution in [2.45, 2.75) is 25.8 Å². The van der Waals surface area contributed by atoms with Crippen molar-refractivity contribution in [1.29, 1.82) is 0 Å². The summed E-state index contributed by atoms with van der Waals surface area (Å²) in [6.07, 6.45) is 3.71. The van der Waals surface area contributed by atoms with E-state index in [0.29, 0.717) is 0 Å². The SMILES string of the molecule is Fc1ccc(CNCCCOCC2CC2)c(Br)c1. The number of benzene rings is 1. The Morgan fingerprint density at radius 1 is 1.39 bits per heavy atom. The van der Waals surface area contributed by atoms with Gasteiger partial charge in [-0.05, 0) is 49.4 Å². The molecular weight excluding hydrogens is 297 g/mol. The molecule has 0 aliphatic heterocycles. The smallest absolute Gasteiger partial charge is 0.124 e. The summed E-state index contributed by atoms with van der Waals surface area (Å²) in [5, 5.41) is 3.33.